The van der Waals surface area contributed by atoms with E-state index in [9.17, 15) is 4.79 Å². The molecular formula is C20H23ClN2O2. The molecule has 5 heteroatoms. The van der Waals surface area contributed by atoms with E-state index in [-0.39, 0.29) is 6.09 Å². The van der Waals surface area contributed by atoms with Gasteiger partial charge in [-0.2, -0.15) is 0 Å². The van der Waals surface area contributed by atoms with Crippen molar-refractivity contribution in [3.63, 3.8) is 0 Å². The van der Waals surface area contributed by atoms with Gasteiger partial charge in [0.2, 0.25) is 0 Å². The van der Waals surface area contributed by atoms with Crippen molar-refractivity contribution in [3.8, 4) is 0 Å². The lowest BCUT2D eigenvalue weighted by Gasteiger charge is -2.35. The Morgan fingerprint density at radius 3 is 2.40 bits per heavy atom. The van der Waals surface area contributed by atoms with Gasteiger partial charge in [-0.25, -0.2) is 4.79 Å². The van der Waals surface area contributed by atoms with Crippen molar-refractivity contribution in [3.05, 3.63) is 64.7 Å². The highest BCUT2D eigenvalue weighted by atomic mass is 35.5. The summed E-state index contributed by atoms with van der Waals surface area (Å²) < 4.78 is 5.42. The molecule has 1 saturated heterocycles. The zero-order valence-corrected chi connectivity index (χ0v) is 15.2. The molecule has 1 amide bonds. The molecule has 2 aromatic rings. The number of nitrogens with zero attached hydrogens (tertiary/aromatic N) is 2. The molecule has 0 aromatic heterocycles. The summed E-state index contributed by atoms with van der Waals surface area (Å²) in [7, 11) is 0. The fourth-order valence-corrected chi connectivity index (χ4v) is 3.20. The third-order valence-corrected chi connectivity index (χ3v) is 4.79. The van der Waals surface area contributed by atoms with Crippen LogP contribution < -0.4 is 4.90 Å². The highest BCUT2D eigenvalue weighted by molar-refractivity contribution is 6.33. The molecule has 0 N–H and O–H groups in total. The molecule has 1 fully saturated rings. The molecule has 0 unspecified atom stereocenters. The molecule has 0 radical (unpaired) electrons. The van der Waals surface area contributed by atoms with E-state index >= 15 is 0 Å². The van der Waals surface area contributed by atoms with Crippen LogP contribution in [0.2, 0.25) is 5.02 Å². The van der Waals surface area contributed by atoms with Gasteiger partial charge >= 0.3 is 6.09 Å². The Morgan fingerprint density at radius 1 is 1.04 bits per heavy atom. The summed E-state index contributed by atoms with van der Waals surface area (Å²) >= 11 is 6.25. The maximum atomic E-state index is 12.2. The van der Waals surface area contributed by atoms with Crippen molar-refractivity contribution in [1.82, 2.24) is 4.90 Å². The minimum atomic E-state index is -0.231. The molecule has 4 nitrogen and oxygen atoms in total. The second-order valence-electron chi connectivity index (χ2n) is 6.28. The van der Waals surface area contributed by atoms with Crippen LogP contribution in [0.4, 0.5) is 10.5 Å². The van der Waals surface area contributed by atoms with Gasteiger partial charge in [0.05, 0.1) is 17.3 Å². The van der Waals surface area contributed by atoms with Crippen LogP contribution in [0, 0.1) is 6.92 Å². The Balaban J connectivity index is 1.44. The number of para-hydroxylation sites is 1. The normalized spacial score (nSPS) is 14.5. The number of hydrogen-bond acceptors (Lipinski definition) is 3. The van der Waals surface area contributed by atoms with E-state index in [4.69, 9.17) is 16.3 Å². The second-order valence-corrected chi connectivity index (χ2v) is 6.68. The number of aryl methyl sites for hydroxylation is 1. The molecule has 1 aliphatic rings. The Bertz CT molecular complexity index is 710. The van der Waals surface area contributed by atoms with Crippen LogP contribution in [0.25, 0.3) is 0 Å². The van der Waals surface area contributed by atoms with Gasteiger partial charge in [-0.15, -0.1) is 0 Å². The first kappa shape index (κ1) is 17.6. The lowest BCUT2D eigenvalue weighted by molar-refractivity contribution is 0.101. The van der Waals surface area contributed by atoms with Crippen LogP contribution in [0.3, 0.4) is 0 Å². The number of halogens is 1. The lowest BCUT2D eigenvalue weighted by atomic mass is 10.1. The molecular weight excluding hydrogens is 336 g/mol. The highest BCUT2D eigenvalue weighted by Crippen LogP contribution is 2.26. The van der Waals surface area contributed by atoms with E-state index in [1.165, 1.54) is 11.1 Å². The summed E-state index contributed by atoms with van der Waals surface area (Å²) in [5.74, 6) is 0. The molecule has 25 heavy (non-hydrogen) atoms. The van der Waals surface area contributed by atoms with Gasteiger partial charge in [0, 0.05) is 32.6 Å². The predicted molar refractivity (Wildman–Crippen MR) is 101 cm³/mol. The van der Waals surface area contributed by atoms with Crippen LogP contribution in [-0.4, -0.2) is 43.8 Å². The summed E-state index contributed by atoms with van der Waals surface area (Å²) in [6.45, 7) is 5.29. The second kappa shape index (κ2) is 8.26. The van der Waals surface area contributed by atoms with Crippen LogP contribution >= 0.6 is 11.6 Å². The first-order valence-electron chi connectivity index (χ1n) is 8.60. The van der Waals surface area contributed by atoms with Gasteiger partial charge in [-0.05, 0) is 24.6 Å². The first-order valence-corrected chi connectivity index (χ1v) is 8.98. The number of carbonyl (C=O) groups excluding carboxylic acids is 1. The fraction of sp³-hybridized carbons (Fsp3) is 0.350. The van der Waals surface area contributed by atoms with Crippen LogP contribution in [-0.2, 0) is 11.2 Å². The molecule has 0 atom stereocenters. The molecule has 0 spiro atoms. The maximum Gasteiger partial charge on any atom is 0.409 e. The van der Waals surface area contributed by atoms with Crippen molar-refractivity contribution >= 4 is 23.4 Å². The molecule has 1 aliphatic heterocycles. The smallest absolute Gasteiger partial charge is 0.409 e. The number of ether oxygens (including phenoxy) is 1. The quantitative estimate of drug-likeness (QED) is 0.823. The number of carbonyl (C=O) groups is 1. The topological polar surface area (TPSA) is 32.8 Å². The average Bonchev–Trinajstić information content (AvgIpc) is 2.64. The van der Waals surface area contributed by atoms with Crippen molar-refractivity contribution < 1.29 is 9.53 Å². The van der Waals surface area contributed by atoms with Gasteiger partial charge in [-0.1, -0.05) is 53.6 Å². The summed E-state index contributed by atoms with van der Waals surface area (Å²) in [5, 5.41) is 0.747. The SMILES string of the molecule is Cc1ccc(CCOC(=O)N2CCN(c3ccccc3Cl)CC2)cc1. The zero-order chi connectivity index (χ0) is 17.6. The van der Waals surface area contributed by atoms with E-state index < -0.39 is 0 Å². The zero-order valence-electron chi connectivity index (χ0n) is 14.5. The Morgan fingerprint density at radius 2 is 1.72 bits per heavy atom. The number of amides is 1. The molecule has 0 aliphatic carbocycles. The molecule has 3 rings (SSSR count). The molecule has 0 bridgehead atoms. The van der Waals surface area contributed by atoms with Gasteiger partial charge in [0.25, 0.3) is 0 Å². The van der Waals surface area contributed by atoms with Gasteiger partial charge < -0.3 is 14.5 Å². The largest absolute Gasteiger partial charge is 0.449 e. The fourth-order valence-electron chi connectivity index (χ4n) is 2.94. The third kappa shape index (κ3) is 4.67. The van der Waals surface area contributed by atoms with Gasteiger partial charge in [-0.3, -0.25) is 0 Å². The number of anilines is 1. The van der Waals surface area contributed by atoms with E-state index in [1.807, 2.05) is 24.3 Å². The van der Waals surface area contributed by atoms with E-state index in [1.54, 1.807) is 4.90 Å². The number of piperazine rings is 1. The van der Waals surface area contributed by atoms with Crippen LogP contribution in [0.1, 0.15) is 11.1 Å². The Hall–Kier alpha value is -2.20. The minimum absolute atomic E-state index is 0.231. The van der Waals surface area contributed by atoms with E-state index in [0.717, 1.165) is 30.2 Å². The van der Waals surface area contributed by atoms with Gasteiger partial charge in [0.15, 0.2) is 0 Å². The molecule has 0 saturated carbocycles. The van der Waals surface area contributed by atoms with Gasteiger partial charge in [0.1, 0.15) is 0 Å². The molecule has 1 heterocycles. The van der Waals surface area contributed by atoms with Crippen molar-refractivity contribution in [2.75, 3.05) is 37.7 Å². The monoisotopic (exact) mass is 358 g/mol. The van der Waals surface area contributed by atoms with Crippen LogP contribution in [0.5, 0.6) is 0 Å². The first-order chi connectivity index (χ1) is 12.1. The summed E-state index contributed by atoms with van der Waals surface area (Å²) in [4.78, 5) is 16.2. The minimum Gasteiger partial charge on any atom is -0.449 e. The average molecular weight is 359 g/mol. The number of benzene rings is 2. The Labute approximate surface area is 154 Å². The lowest BCUT2D eigenvalue weighted by Crippen LogP contribution is -2.49. The van der Waals surface area contributed by atoms with E-state index in [2.05, 4.69) is 36.1 Å². The summed E-state index contributed by atoms with van der Waals surface area (Å²) in [5.41, 5.74) is 3.44. The molecule has 2 aromatic carbocycles. The third-order valence-electron chi connectivity index (χ3n) is 4.47. The summed E-state index contributed by atoms with van der Waals surface area (Å²) in [6, 6.07) is 16.1. The van der Waals surface area contributed by atoms with Crippen molar-refractivity contribution in [2.45, 2.75) is 13.3 Å². The predicted octanol–water partition coefficient (Wildman–Crippen LogP) is 4.15. The van der Waals surface area contributed by atoms with Crippen LogP contribution in [0.15, 0.2) is 48.5 Å². The van der Waals surface area contributed by atoms with E-state index in [0.29, 0.717) is 19.7 Å². The maximum absolute atomic E-state index is 12.2. The van der Waals surface area contributed by atoms with Crippen molar-refractivity contribution in [2.24, 2.45) is 0 Å². The standard InChI is InChI=1S/C20H23ClN2O2/c1-16-6-8-17(9-7-16)10-15-25-20(24)23-13-11-22(12-14-23)19-5-3-2-4-18(19)21/h2-9H,10-15H2,1H3. The van der Waals surface area contributed by atoms with Crippen molar-refractivity contribution in [1.29, 1.82) is 0 Å². The summed E-state index contributed by atoms with van der Waals surface area (Å²) in [6.07, 6.45) is 0.511. The highest BCUT2D eigenvalue weighted by Gasteiger charge is 2.23. The number of rotatable bonds is 4. The molecule has 132 valence electrons. The number of hydrogen-bond donors (Lipinski definition) is 0. The Kier molecular flexibility index (Phi) is 5.82.